The molecule has 1 aliphatic rings. The minimum absolute atomic E-state index is 0.113. The Morgan fingerprint density at radius 1 is 1.69 bits per heavy atom. The van der Waals surface area contributed by atoms with Gasteiger partial charge in [-0.15, -0.1) is 0 Å². The van der Waals surface area contributed by atoms with Crippen LogP contribution in [0.1, 0.15) is 6.42 Å². The van der Waals surface area contributed by atoms with Crippen LogP contribution in [0.2, 0.25) is 5.15 Å². The second kappa shape index (κ2) is 4.94. The van der Waals surface area contributed by atoms with E-state index in [9.17, 15) is 4.79 Å². The predicted octanol–water partition coefficient (Wildman–Crippen LogP) is 2.78. The lowest BCUT2D eigenvalue weighted by molar-refractivity contribution is -0.117. The van der Waals surface area contributed by atoms with Gasteiger partial charge in [-0.1, -0.05) is 11.6 Å². The Hall–Kier alpha value is -0.260. The zero-order valence-electron chi connectivity index (χ0n) is 8.36. The lowest BCUT2D eigenvalue weighted by Gasteiger charge is -2.18. The molecule has 16 heavy (non-hydrogen) atoms. The number of anilines is 1. The highest BCUT2D eigenvalue weighted by Gasteiger charge is 2.30. The molecule has 2 heterocycles. The van der Waals surface area contributed by atoms with E-state index in [0.29, 0.717) is 24.0 Å². The van der Waals surface area contributed by atoms with E-state index in [1.54, 1.807) is 17.2 Å². The van der Waals surface area contributed by atoms with E-state index in [0.717, 1.165) is 15.9 Å². The lowest BCUT2D eigenvalue weighted by Crippen LogP contribution is -2.25. The van der Waals surface area contributed by atoms with Gasteiger partial charge in [-0.05, 0) is 27.6 Å². The summed E-state index contributed by atoms with van der Waals surface area (Å²) in [5, 5.41) is 0.389. The van der Waals surface area contributed by atoms with E-state index in [4.69, 9.17) is 11.6 Å². The Bertz CT molecular complexity index is 429. The maximum Gasteiger partial charge on any atom is 0.227 e. The van der Waals surface area contributed by atoms with E-state index in [2.05, 4.69) is 33.5 Å². The van der Waals surface area contributed by atoms with Gasteiger partial charge in [0.15, 0.2) is 0 Å². The highest BCUT2D eigenvalue weighted by Crippen LogP contribution is 2.32. The summed E-state index contributed by atoms with van der Waals surface area (Å²) < 4.78 is 0.782. The van der Waals surface area contributed by atoms with Crippen molar-refractivity contribution in [2.75, 3.05) is 17.2 Å². The molecule has 0 saturated carbocycles. The summed E-state index contributed by atoms with van der Waals surface area (Å²) in [4.78, 5) is 17.5. The number of amides is 1. The highest BCUT2D eigenvalue weighted by molar-refractivity contribution is 9.10. The van der Waals surface area contributed by atoms with Crippen molar-refractivity contribution in [3.63, 3.8) is 0 Å². The van der Waals surface area contributed by atoms with Crippen molar-refractivity contribution in [3.8, 4) is 0 Å². The number of carbonyl (C=O) groups is 1. The summed E-state index contributed by atoms with van der Waals surface area (Å²) in [7, 11) is 0. The first-order valence-corrected chi connectivity index (χ1v) is 6.64. The average Bonchev–Trinajstić information content (AvgIpc) is 2.63. The van der Waals surface area contributed by atoms with Crippen molar-refractivity contribution in [3.05, 3.63) is 21.9 Å². The summed E-state index contributed by atoms with van der Waals surface area (Å²) >= 11 is 13.4. The van der Waals surface area contributed by atoms with E-state index >= 15 is 0 Å². The average molecular weight is 322 g/mol. The first-order valence-electron chi connectivity index (χ1n) is 4.84. The Morgan fingerprint density at radius 2 is 2.44 bits per heavy atom. The Labute approximate surface area is 113 Å². The molecule has 0 N–H and O–H groups in total. The summed E-state index contributed by atoms with van der Waals surface area (Å²) in [6, 6.07) is 1.70. The van der Waals surface area contributed by atoms with Crippen LogP contribution < -0.4 is 4.90 Å². The fourth-order valence-corrected chi connectivity index (χ4v) is 2.57. The maximum atomic E-state index is 11.8. The van der Waals surface area contributed by atoms with Crippen LogP contribution in [0.15, 0.2) is 16.7 Å². The first kappa shape index (κ1) is 12.2. The van der Waals surface area contributed by atoms with Crippen LogP contribution in [0.5, 0.6) is 0 Å². The van der Waals surface area contributed by atoms with Gasteiger partial charge in [-0.3, -0.25) is 4.79 Å². The molecule has 0 aliphatic carbocycles. The molecule has 1 amide bonds. The number of pyridine rings is 1. The number of carbonyl (C=O) groups excluding carboxylic acids is 1. The minimum Gasteiger partial charge on any atom is -0.311 e. The molecule has 86 valence electrons. The molecule has 1 fully saturated rings. The summed E-state index contributed by atoms with van der Waals surface area (Å²) in [5.41, 5.74) is 0.786. The standard InChI is InChI=1S/C10H10BrClN2OS/c11-7-3-13-9(12)2-8(7)14-4-6(5-16)1-10(14)15/h2-3,6,16H,1,4-5H2. The minimum atomic E-state index is 0.113. The summed E-state index contributed by atoms with van der Waals surface area (Å²) in [5.74, 6) is 1.15. The Balaban J connectivity index is 2.30. The van der Waals surface area contributed by atoms with Crippen molar-refractivity contribution >= 4 is 51.8 Å². The second-order valence-corrected chi connectivity index (χ2v) is 5.32. The normalized spacial score (nSPS) is 20.6. The van der Waals surface area contributed by atoms with Gasteiger partial charge in [0, 0.05) is 25.2 Å². The van der Waals surface area contributed by atoms with Gasteiger partial charge < -0.3 is 4.90 Å². The largest absolute Gasteiger partial charge is 0.311 e. The molecule has 2 rings (SSSR count). The molecule has 1 aliphatic heterocycles. The third kappa shape index (κ3) is 2.36. The third-order valence-corrected chi connectivity index (χ3v) is 3.89. The van der Waals surface area contributed by atoms with Gasteiger partial charge in [-0.2, -0.15) is 12.6 Å². The molecular formula is C10H10BrClN2OS. The van der Waals surface area contributed by atoms with Crippen LogP contribution in [-0.2, 0) is 4.79 Å². The van der Waals surface area contributed by atoms with Crippen molar-refractivity contribution in [2.24, 2.45) is 5.92 Å². The first-order chi connectivity index (χ1) is 7.61. The maximum absolute atomic E-state index is 11.8. The Morgan fingerprint density at radius 3 is 3.06 bits per heavy atom. The lowest BCUT2D eigenvalue weighted by atomic mass is 10.1. The van der Waals surface area contributed by atoms with Crippen LogP contribution >= 0.6 is 40.2 Å². The second-order valence-electron chi connectivity index (χ2n) is 3.72. The van der Waals surface area contributed by atoms with Gasteiger partial charge in [0.25, 0.3) is 0 Å². The smallest absolute Gasteiger partial charge is 0.227 e. The van der Waals surface area contributed by atoms with Crippen LogP contribution in [0.4, 0.5) is 5.69 Å². The number of hydrogen-bond donors (Lipinski definition) is 1. The zero-order valence-corrected chi connectivity index (χ0v) is 11.6. The molecule has 6 heteroatoms. The van der Waals surface area contributed by atoms with Crippen molar-refractivity contribution in [1.29, 1.82) is 0 Å². The van der Waals surface area contributed by atoms with Crippen molar-refractivity contribution in [2.45, 2.75) is 6.42 Å². The van der Waals surface area contributed by atoms with Crippen molar-refractivity contribution < 1.29 is 4.79 Å². The van der Waals surface area contributed by atoms with Gasteiger partial charge in [0.05, 0.1) is 10.2 Å². The number of halogens is 2. The van der Waals surface area contributed by atoms with Crippen LogP contribution in [0, 0.1) is 5.92 Å². The van der Waals surface area contributed by atoms with Gasteiger partial charge in [-0.25, -0.2) is 4.98 Å². The summed E-state index contributed by atoms with van der Waals surface area (Å²) in [6.45, 7) is 0.696. The van der Waals surface area contributed by atoms with Crippen molar-refractivity contribution in [1.82, 2.24) is 4.98 Å². The fraction of sp³-hybridized carbons (Fsp3) is 0.400. The van der Waals surface area contributed by atoms with E-state index in [1.807, 2.05) is 0 Å². The van der Waals surface area contributed by atoms with Crippen LogP contribution in [-0.4, -0.2) is 23.2 Å². The van der Waals surface area contributed by atoms with Gasteiger partial charge >= 0.3 is 0 Å². The van der Waals surface area contributed by atoms with Crippen LogP contribution in [0.25, 0.3) is 0 Å². The number of aromatic nitrogens is 1. The molecule has 1 aromatic heterocycles. The number of rotatable bonds is 2. The molecule has 0 spiro atoms. The Kier molecular flexibility index (Phi) is 3.77. The molecule has 0 aromatic carbocycles. The highest BCUT2D eigenvalue weighted by atomic mass is 79.9. The summed E-state index contributed by atoms with van der Waals surface area (Å²) in [6.07, 6.45) is 2.16. The quantitative estimate of drug-likeness (QED) is 0.671. The van der Waals surface area contributed by atoms with Gasteiger partial charge in [0.2, 0.25) is 5.91 Å². The topological polar surface area (TPSA) is 33.2 Å². The number of nitrogens with zero attached hydrogens (tertiary/aromatic N) is 2. The molecule has 1 aromatic rings. The molecule has 3 nitrogen and oxygen atoms in total. The fourth-order valence-electron chi connectivity index (χ4n) is 1.75. The zero-order chi connectivity index (χ0) is 11.7. The molecule has 0 bridgehead atoms. The number of thiol groups is 1. The molecular weight excluding hydrogens is 312 g/mol. The van der Waals surface area contributed by atoms with E-state index < -0.39 is 0 Å². The van der Waals surface area contributed by atoms with Gasteiger partial charge in [0.1, 0.15) is 5.15 Å². The number of hydrogen-bond acceptors (Lipinski definition) is 3. The van der Waals surface area contributed by atoms with E-state index in [1.165, 1.54) is 0 Å². The molecule has 1 saturated heterocycles. The SMILES string of the molecule is O=C1CC(CS)CN1c1cc(Cl)ncc1Br. The third-order valence-electron chi connectivity index (χ3n) is 2.56. The van der Waals surface area contributed by atoms with Crippen LogP contribution in [0.3, 0.4) is 0 Å². The molecule has 0 radical (unpaired) electrons. The molecule has 1 atom stereocenters. The van der Waals surface area contributed by atoms with E-state index in [-0.39, 0.29) is 5.91 Å². The monoisotopic (exact) mass is 320 g/mol. The molecule has 1 unspecified atom stereocenters. The predicted molar refractivity (Wildman–Crippen MR) is 71.3 cm³/mol.